The van der Waals surface area contributed by atoms with Crippen molar-refractivity contribution < 1.29 is 4.79 Å². The molecule has 2 aliphatic rings. The van der Waals surface area contributed by atoms with E-state index in [1.165, 1.54) is 19.4 Å². The second kappa shape index (κ2) is 5.68. The van der Waals surface area contributed by atoms with Gasteiger partial charge in [0.05, 0.1) is 0 Å². The number of benzene rings is 1. The molecule has 3 rings (SSSR count). The predicted octanol–water partition coefficient (Wildman–Crippen LogP) is 2.13. The highest BCUT2D eigenvalue weighted by molar-refractivity contribution is 5.96. The molecule has 2 unspecified atom stereocenters. The Morgan fingerprint density at radius 3 is 2.90 bits per heavy atom. The van der Waals surface area contributed by atoms with Gasteiger partial charge in [0.25, 0.3) is 5.91 Å². The zero-order valence-corrected chi connectivity index (χ0v) is 13.0. The monoisotopic (exact) mass is 287 g/mol. The molecule has 2 heterocycles. The Morgan fingerprint density at radius 2 is 2.10 bits per heavy atom. The first-order valence-electron chi connectivity index (χ1n) is 7.92. The molecule has 114 valence electrons. The lowest BCUT2D eigenvalue weighted by molar-refractivity contribution is 0.0316. The molecule has 1 amide bonds. The van der Waals surface area contributed by atoms with Gasteiger partial charge in [-0.1, -0.05) is 6.07 Å². The summed E-state index contributed by atoms with van der Waals surface area (Å²) in [5.74, 6) is 0.772. The predicted molar refractivity (Wildman–Crippen MR) is 85.3 cm³/mol. The van der Waals surface area contributed by atoms with Gasteiger partial charge in [-0.2, -0.15) is 0 Å². The van der Waals surface area contributed by atoms with Crippen LogP contribution in [-0.2, 0) is 0 Å². The van der Waals surface area contributed by atoms with Gasteiger partial charge in [-0.15, -0.1) is 0 Å². The summed E-state index contributed by atoms with van der Waals surface area (Å²) in [6.07, 6.45) is 3.58. The van der Waals surface area contributed by atoms with Crippen molar-refractivity contribution in [3.05, 3.63) is 29.3 Å². The summed E-state index contributed by atoms with van der Waals surface area (Å²) in [7, 11) is 2.22. The van der Waals surface area contributed by atoms with Gasteiger partial charge in [0.1, 0.15) is 0 Å². The third-order valence-corrected chi connectivity index (χ3v) is 5.12. The summed E-state index contributed by atoms with van der Waals surface area (Å²) >= 11 is 0. The molecular weight excluding hydrogens is 262 g/mol. The Labute approximate surface area is 126 Å². The van der Waals surface area contributed by atoms with Crippen LogP contribution in [0.25, 0.3) is 0 Å². The Bertz CT molecular complexity index is 543. The molecule has 2 N–H and O–H groups in total. The van der Waals surface area contributed by atoms with Crippen molar-refractivity contribution in [2.75, 3.05) is 32.4 Å². The number of amides is 1. The summed E-state index contributed by atoms with van der Waals surface area (Å²) in [5.41, 5.74) is 8.28. The fourth-order valence-electron chi connectivity index (χ4n) is 3.88. The first-order valence-corrected chi connectivity index (χ1v) is 7.92. The number of piperidine rings is 2. The highest BCUT2D eigenvalue weighted by atomic mass is 16.2. The highest BCUT2D eigenvalue weighted by Crippen LogP contribution is 2.30. The highest BCUT2D eigenvalue weighted by Gasteiger charge is 2.36. The van der Waals surface area contributed by atoms with Gasteiger partial charge in [0.2, 0.25) is 0 Å². The van der Waals surface area contributed by atoms with Crippen molar-refractivity contribution in [2.24, 2.45) is 5.92 Å². The van der Waals surface area contributed by atoms with Gasteiger partial charge < -0.3 is 15.5 Å². The molecule has 1 aromatic carbocycles. The van der Waals surface area contributed by atoms with Crippen LogP contribution in [-0.4, -0.2) is 48.4 Å². The minimum Gasteiger partial charge on any atom is -0.399 e. The van der Waals surface area contributed by atoms with Crippen LogP contribution >= 0.6 is 0 Å². The molecule has 21 heavy (non-hydrogen) atoms. The number of hydrogen-bond donors (Lipinski definition) is 1. The van der Waals surface area contributed by atoms with E-state index in [2.05, 4.69) is 11.9 Å². The van der Waals surface area contributed by atoms with E-state index < -0.39 is 0 Å². The van der Waals surface area contributed by atoms with Crippen LogP contribution in [0, 0.1) is 12.8 Å². The fraction of sp³-hybridized carbons (Fsp3) is 0.588. The van der Waals surface area contributed by atoms with Gasteiger partial charge in [-0.05, 0) is 63.4 Å². The first-order chi connectivity index (χ1) is 10.1. The molecule has 2 fully saturated rings. The molecule has 0 aliphatic carbocycles. The summed E-state index contributed by atoms with van der Waals surface area (Å²) in [6, 6.07) is 6.26. The van der Waals surface area contributed by atoms with Crippen molar-refractivity contribution >= 4 is 11.6 Å². The SMILES string of the molecule is Cc1ccc(N)cc1C(=O)N1CCC2C(CCCN2C)C1. The van der Waals surface area contributed by atoms with Gasteiger partial charge in [-0.25, -0.2) is 0 Å². The number of likely N-dealkylation sites (tertiary alicyclic amines) is 2. The van der Waals surface area contributed by atoms with Crippen molar-refractivity contribution in [3.8, 4) is 0 Å². The summed E-state index contributed by atoms with van der Waals surface area (Å²) in [4.78, 5) is 17.3. The Hall–Kier alpha value is -1.55. The number of carbonyl (C=O) groups excluding carboxylic acids is 1. The van der Waals surface area contributed by atoms with Crippen LogP contribution in [0.2, 0.25) is 0 Å². The largest absolute Gasteiger partial charge is 0.399 e. The number of nitrogens with zero attached hydrogens (tertiary/aromatic N) is 2. The quantitative estimate of drug-likeness (QED) is 0.805. The number of carbonyl (C=O) groups is 1. The number of aryl methyl sites for hydroxylation is 1. The number of rotatable bonds is 1. The number of nitrogen functional groups attached to an aromatic ring is 1. The molecule has 0 aromatic heterocycles. The van der Waals surface area contributed by atoms with E-state index in [1.54, 1.807) is 0 Å². The third-order valence-electron chi connectivity index (χ3n) is 5.12. The second-order valence-corrected chi connectivity index (χ2v) is 6.56. The van der Waals surface area contributed by atoms with Gasteiger partial charge >= 0.3 is 0 Å². The average molecular weight is 287 g/mol. The maximum Gasteiger partial charge on any atom is 0.254 e. The number of anilines is 1. The van der Waals surface area contributed by atoms with Crippen molar-refractivity contribution in [2.45, 2.75) is 32.2 Å². The van der Waals surface area contributed by atoms with Crippen molar-refractivity contribution in [1.29, 1.82) is 0 Å². The Kier molecular flexibility index (Phi) is 3.89. The van der Waals surface area contributed by atoms with E-state index >= 15 is 0 Å². The lowest BCUT2D eigenvalue weighted by atomic mass is 9.84. The van der Waals surface area contributed by atoms with Crippen LogP contribution in [0.3, 0.4) is 0 Å². The maximum atomic E-state index is 12.8. The van der Waals surface area contributed by atoms with Crippen LogP contribution in [0.4, 0.5) is 5.69 Å². The average Bonchev–Trinajstić information content (AvgIpc) is 2.49. The van der Waals surface area contributed by atoms with Gasteiger partial charge in [0.15, 0.2) is 0 Å². The molecule has 0 radical (unpaired) electrons. The second-order valence-electron chi connectivity index (χ2n) is 6.56. The molecule has 0 saturated carbocycles. The van der Waals surface area contributed by atoms with Crippen LogP contribution < -0.4 is 5.73 Å². The topological polar surface area (TPSA) is 49.6 Å². The molecular formula is C17H25N3O. The zero-order chi connectivity index (χ0) is 15.0. The smallest absolute Gasteiger partial charge is 0.254 e. The van der Waals surface area contributed by atoms with E-state index in [0.29, 0.717) is 17.6 Å². The van der Waals surface area contributed by atoms with Gasteiger partial charge in [-0.3, -0.25) is 4.79 Å². The van der Waals surface area contributed by atoms with Crippen molar-refractivity contribution in [1.82, 2.24) is 9.80 Å². The molecule has 1 aromatic rings. The summed E-state index contributed by atoms with van der Waals surface area (Å²) in [5, 5.41) is 0. The molecule has 4 nitrogen and oxygen atoms in total. The normalized spacial score (nSPS) is 26.5. The maximum absolute atomic E-state index is 12.8. The lowest BCUT2D eigenvalue weighted by Crippen LogP contribution is -2.54. The first kappa shape index (κ1) is 14.4. The van der Waals surface area contributed by atoms with E-state index in [0.717, 1.165) is 30.6 Å². The van der Waals surface area contributed by atoms with Crippen LogP contribution in [0.15, 0.2) is 18.2 Å². The standard InChI is InChI=1S/C17H25N3O/c1-12-5-6-14(18)10-15(12)17(21)20-9-7-16-13(11-20)4-3-8-19(16)2/h5-6,10,13,16H,3-4,7-9,11,18H2,1-2H3. The minimum atomic E-state index is 0.145. The molecule has 0 spiro atoms. The van der Waals surface area contributed by atoms with Gasteiger partial charge in [0, 0.05) is 30.4 Å². The van der Waals surface area contributed by atoms with E-state index in [9.17, 15) is 4.79 Å². The van der Waals surface area contributed by atoms with Crippen molar-refractivity contribution in [3.63, 3.8) is 0 Å². The molecule has 2 saturated heterocycles. The number of hydrogen-bond acceptors (Lipinski definition) is 3. The molecule has 2 aliphatic heterocycles. The van der Waals surface area contributed by atoms with Crippen LogP contribution in [0.5, 0.6) is 0 Å². The van der Waals surface area contributed by atoms with Crippen LogP contribution in [0.1, 0.15) is 35.2 Å². The van der Waals surface area contributed by atoms with E-state index in [-0.39, 0.29) is 5.91 Å². The van der Waals surface area contributed by atoms with E-state index in [1.807, 2.05) is 30.0 Å². The summed E-state index contributed by atoms with van der Waals surface area (Å²) in [6.45, 7) is 4.93. The fourth-order valence-corrected chi connectivity index (χ4v) is 3.88. The zero-order valence-electron chi connectivity index (χ0n) is 13.0. The summed E-state index contributed by atoms with van der Waals surface area (Å²) < 4.78 is 0. The Balaban J connectivity index is 1.76. The minimum absolute atomic E-state index is 0.145. The third kappa shape index (κ3) is 2.77. The van der Waals surface area contributed by atoms with E-state index in [4.69, 9.17) is 5.73 Å². The molecule has 0 bridgehead atoms. The molecule has 4 heteroatoms. The Morgan fingerprint density at radius 1 is 1.29 bits per heavy atom. The lowest BCUT2D eigenvalue weighted by Gasteiger charge is -2.46. The number of nitrogens with two attached hydrogens (primary N) is 1. The number of fused-ring (bicyclic) bond motifs is 1. The molecule has 2 atom stereocenters.